The van der Waals surface area contributed by atoms with Gasteiger partial charge in [0.1, 0.15) is 11.8 Å². The molecule has 1 rings (SSSR count). The molecule has 0 saturated carbocycles. The highest BCUT2D eigenvalue weighted by Gasteiger charge is 2.29. The minimum Gasteiger partial charge on any atom is -0.480 e. The van der Waals surface area contributed by atoms with Crippen molar-refractivity contribution in [3.63, 3.8) is 0 Å². The van der Waals surface area contributed by atoms with Crippen molar-refractivity contribution < 1.29 is 18.3 Å². The van der Waals surface area contributed by atoms with Crippen LogP contribution in [-0.2, 0) is 27.6 Å². The first-order valence-corrected chi connectivity index (χ1v) is 6.26. The highest BCUT2D eigenvalue weighted by Crippen LogP contribution is 2.08. The lowest BCUT2D eigenvalue weighted by molar-refractivity contribution is -0.140. The van der Waals surface area contributed by atoms with Gasteiger partial charge in [0.2, 0.25) is 10.0 Å². The molecule has 17 heavy (non-hydrogen) atoms. The lowest BCUT2D eigenvalue weighted by Gasteiger charge is -2.19. The van der Waals surface area contributed by atoms with E-state index in [-0.39, 0.29) is 5.82 Å². The smallest absolute Gasteiger partial charge is 0.321 e. The number of carboxylic acids is 1. The predicted molar refractivity (Wildman–Crippen MR) is 56.3 cm³/mol. The molecule has 0 spiro atoms. The Balaban J connectivity index is 2.85. The van der Waals surface area contributed by atoms with Gasteiger partial charge in [-0.15, -0.1) is 10.2 Å². The topological polar surface area (TPSA) is 118 Å². The van der Waals surface area contributed by atoms with E-state index < -0.39 is 27.8 Å². The third-order valence-electron chi connectivity index (χ3n) is 2.20. The molecule has 0 amide bonds. The van der Waals surface area contributed by atoms with E-state index in [2.05, 4.69) is 15.4 Å². The molecule has 0 saturated heterocycles. The maximum absolute atomic E-state index is 11.8. The quantitative estimate of drug-likeness (QED) is 0.682. The fraction of sp³-hybridized carbons (Fsp3) is 0.714. The summed E-state index contributed by atoms with van der Waals surface area (Å²) < 4.78 is 24.4. The highest BCUT2D eigenvalue weighted by atomic mass is 32.2. The second-order valence-corrected chi connectivity index (χ2v) is 5.51. The Morgan fingerprint density at radius 2 is 2.18 bits per heavy atom. The molecule has 1 unspecified atom stereocenters. The van der Waals surface area contributed by atoms with Crippen molar-refractivity contribution in [3.05, 3.63) is 5.82 Å². The molecule has 10 heteroatoms. The normalized spacial score (nSPS) is 13.9. The number of carboxylic acid groups (broad SMARTS) is 1. The number of hydrogen-bond donors (Lipinski definition) is 1. The number of nitrogens with zero attached hydrogens (tertiary/aromatic N) is 5. The largest absolute Gasteiger partial charge is 0.480 e. The van der Waals surface area contributed by atoms with Crippen LogP contribution >= 0.6 is 0 Å². The van der Waals surface area contributed by atoms with Gasteiger partial charge < -0.3 is 5.11 Å². The van der Waals surface area contributed by atoms with Crippen molar-refractivity contribution in [1.82, 2.24) is 24.5 Å². The number of hydrogen-bond acceptors (Lipinski definition) is 6. The standard InChI is InChI=1S/C7H13N5O4S/c1-5(7(13)14)11(2)17(15,16)4-6-8-10-12(3)9-6/h5H,4H2,1-3H3,(H,13,14). The van der Waals surface area contributed by atoms with E-state index in [0.29, 0.717) is 0 Å². The molecule has 0 aliphatic heterocycles. The maximum Gasteiger partial charge on any atom is 0.321 e. The van der Waals surface area contributed by atoms with Gasteiger partial charge in [-0.1, -0.05) is 0 Å². The molecule has 1 aromatic rings. The van der Waals surface area contributed by atoms with Crippen LogP contribution in [0.2, 0.25) is 0 Å². The highest BCUT2D eigenvalue weighted by molar-refractivity contribution is 7.88. The number of sulfonamides is 1. The van der Waals surface area contributed by atoms with Crippen LogP contribution in [-0.4, -0.2) is 57.1 Å². The first-order chi connectivity index (χ1) is 7.74. The zero-order chi connectivity index (χ0) is 13.2. The summed E-state index contributed by atoms with van der Waals surface area (Å²) >= 11 is 0. The van der Waals surface area contributed by atoms with Gasteiger partial charge in [0.25, 0.3) is 0 Å². The van der Waals surface area contributed by atoms with Gasteiger partial charge in [-0.05, 0) is 12.1 Å². The molecule has 9 nitrogen and oxygen atoms in total. The molecule has 0 fully saturated rings. The molecule has 0 aliphatic rings. The van der Waals surface area contributed by atoms with Gasteiger partial charge in [0.15, 0.2) is 5.82 Å². The van der Waals surface area contributed by atoms with Crippen molar-refractivity contribution in [2.75, 3.05) is 7.05 Å². The molecule has 0 bridgehead atoms. The fourth-order valence-electron chi connectivity index (χ4n) is 1.04. The minimum absolute atomic E-state index is 0.0249. The fourth-order valence-corrected chi connectivity index (χ4v) is 2.26. The summed E-state index contributed by atoms with van der Waals surface area (Å²) in [4.78, 5) is 11.8. The monoisotopic (exact) mass is 263 g/mol. The molecule has 0 aromatic carbocycles. The molecule has 0 radical (unpaired) electrons. The molecule has 0 aliphatic carbocycles. The minimum atomic E-state index is -3.77. The van der Waals surface area contributed by atoms with Gasteiger partial charge in [-0.3, -0.25) is 4.79 Å². The van der Waals surface area contributed by atoms with Gasteiger partial charge >= 0.3 is 5.97 Å². The van der Waals surface area contributed by atoms with E-state index >= 15 is 0 Å². The van der Waals surface area contributed by atoms with Crippen LogP contribution in [0, 0.1) is 0 Å². The average molecular weight is 263 g/mol. The van der Waals surface area contributed by atoms with Crippen molar-refractivity contribution in [2.24, 2.45) is 7.05 Å². The molecular formula is C7H13N5O4S. The number of carbonyl (C=O) groups is 1. The predicted octanol–water partition coefficient (Wildman–Crippen LogP) is -1.56. The first kappa shape index (κ1) is 13.5. The van der Waals surface area contributed by atoms with Crippen LogP contribution in [0.5, 0.6) is 0 Å². The van der Waals surface area contributed by atoms with Gasteiger partial charge in [0, 0.05) is 7.05 Å². The summed E-state index contributed by atoms with van der Waals surface area (Å²) in [6.07, 6.45) is 0. The Hall–Kier alpha value is -1.55. The molecule has 1 N–H and O–H groups in total. The van der Waals surface area contributed by atoms with E-state index in [1.807, 2.05) is 0 Å². The Kier molecular flexibility index (Phi) is 3.78. The number of tetrazole rings is 1. The van der Waals surface area contributed by atoms with E-state index in [1.54, 1.807) is 0 Å². The molecular weight excluding hydrogens is 250 g/mol. The van der Waals surface area contributed by atoms with Crippen LogP contribution < -0.4 is 0 Å². The summed E-state index contributed by atoms with van der Waals surface area (Å²) in [5.74, 6) is -1.67. The van der Waals surface area contributed by atoms with E-state index in [9.17, 15) is 13.2 Å². The van der Waals surface area contributed by atoms with Crippen LogP contribution in [0.4, 0.5) is 0 Å². The first-order valence-electron chi connectivity index (χ1n) is 4.65. The number of rotatable bonds is 5. The number of aromatic nitrogens is 4. The number of aryl methyl sites for hydroxylation is 1. The van der Waals surface area contributed by atoms with E-state index in [1.165, 1.54) is 21.0 Å². The summed E-state index contributed by atoms with van der Waals surface area (Å²) in [6.45, 7) is 1.28. The summed E-state index contributed by atoms with van der Waals surface area (Å²) in [5.41, 5.74) is 0. The van der Waals surface area contributed by atoms with Crippen LogP contribution in [0.25, 0.3) is 0 Å². The third-order valence-corrected chi connectivity index (χ3v) is 4.02. The zero-order valence-corrected chi connectivity index (χ0v) is 10.4. The summed E-state index contributed by atoms with van der Waals surface area (Å²) in [7, 11) is -1.06. The van der Waals surface area contributed by atoms with E-state index in [4.69, 9.17) is 5.11 Å². The zero-order valence-electron chi connectivity index (χ0n) is 9.60. The molecule has 1 atom stereocenters. The van der Waals surface area contributed by atoms with Crippen molar-refractivity contribution in [1.29, 1.82) is 0 Å². The van der Waals surface area contributed by atoms with Crippen LogP contribution in [0.15, 0.2) is 0 Å². The molecule has 1 aromatic heterocycles. The number of aliphatic carboxylic acids is 1. The van der Waals surface area contributed by atoms with Crippen LogP contribution in [0.1, 0.15) is 12.7 Å². The SMILES string of the molecule is CC(C(=O)O)N(C)S(=O)(=O)Cc1nnn(C)n1. The third kappa shape index (κ3) is 3.20. The molecule has 1 heterocycles. The van der Waals surface area contributed by atoms with Gasteiger partial charge in [-0.2, -0.15) is 9.10 Å². The van der Waals surface area contributed by atoms with E-state index in [0.717, 1.165) is 9.10 Å². The number of likely N-dealkylation sites (N-methyl/N-ethyl adjacent to an activating group) is 1. The van der Waals surface area contributed by atoms with Crippen molar-refractivity contribution in [3.8, 4) is 0 Å². The van der Waals surface area contributed by atoms with Crippen LogP contribution in [0.3, 0.4) is 0 Å². The average Bonchev–Trinajstić information content (AvgIpc) is 2.60. The lowest BCUT2D eigenvalue weighted by Crippen LogP contribution is -2.40. The second kappa shape index (κ2) is 4.75. The Labute approximate surface area is 98.1 Å². The Morgan fingerprint density at radius 1 is 1.59 bits per heavy atom. The lowest BCUT2D eigenvalue weighted by atomic mass is 10.4. The summed E-state index contributed by atoms with van der Waals surface area (Å²) in [5, 5.41) is 19.5. The summed E-state index contributed by atoms with van der Waals surface area (Å²) in [6, 6.07) is -1.14. The van der Waals surface area contributed by atoms with Gasteiger partial charge in [0.05, 0.1) is 7.05 Å². The van der Waals surface area contributed by atoms with Gasteiger partial charge in [-0.25, -0.2) is 8.42 Å². The maximum atomic E-state index is 11.8. The van der Waals surface area contributed by atoms with Crippen molar-refractivity contribution >= 4 is 16.0 Å². The van der Waals surface area contributed by atoms with Crippen molar-refractivity contribution in [2.45, 2.75) is 18.7 Å². The Bertz CT molecular complexity index is 510. The molecule has 96 valence electrons. The second-order valence-electron chi connectivity index (χ2n) is 3.48. The Morgan fingerprint density at radius 3 is 2.59 bits per heavy atom.